The zero-order valence-corrected chi connectivity index (χ0v) is 28.5. The van der Waals surface area contributed by atoms with Crippen molar-refractivity contribution in [2.45, 2.75) is 95.0 Å². The highest BCUT2D eigenvalue weighted by atomic mass is 16.4. The number of likely N-dealkylation sites (tertiary alicyclic amines) is 2. The average molecular weight is 713 g/mol. The van der Waals surface area contributed by atoms with Gasteiger partial charge in [-0.05, 0) is 50.9 Å². The zero-order chi connectivity index (χ0) is 37.5. The molecule has 0 aromatic rings. The predicted molar refractivity (Wildman–Crippen MR) is 177 cm³/mol. The number of aliphatic hydroxyl groups is 2. The van der Waals surface area contributed by atoms with Crippen molar-refractivity contribution < 1.29 is 48.9 Å². The van der Waals surface area contributed by atoms with Crippen molar-refractivity contribution in [1.82, 2.24) is 31.1 Å². The molecule has 2 rings (SSSR count). The van der Waals surface area contributed by atoms with E-state index >= 15 is 0 Å². The van der Waals surface area contributed by atoms with Gasteiger partial charge in [-0.1, -0.05) is 13.8 Å². The van der Waals surface area contributed by atoms with Crippen molar-refractivity contribution in [1.29, 1.82) is 0 Å². The van der Waals surface area contributed by atoms with Gasteiger partial charge in [-0.15, -0.1) is 0 Å². The SMILES string of the molecule is CC(C)CC(NC(=O)C(CCCN=C(N)N)NC(=O)C(CO)NC(=O)C1CCCN1C(=O)C(N)CO)C(=O)N1CCCC1C(=O)NCC(=O)O. The second-order valence-corrected chi connectivity index (χ2v) is 12.7. The number of rotatable bonds is 19. The number of aliphatic carboxylic acids is 1. The molecule has 13 N–H and O–H groups in total. The Balaban J connectivity index is 2.23. The van der Waals surface area contributed by atoms with Gasteiger partial charge < -0.3 is 63.6 Å². The maximum absolute atomic E-state index is 13.7. The molecule has 6 atom stereocenters. The maximum atomic E-state index is 13.7. The van der Waals surface area contributed by atoms with Crippen molar-refractivity contribution in [2.24, 2.45) is 28.1 Å². The van der Waals surface area contributed by atoms with Gasteiger partial charge in [0.05, 0.1) is 13.2 Å². The summed E-state index contributed by atoms with van der Waals surface area (Å²) in [5.74, 6) is -5.77. The summed E-state index contributed by atoms with van der Waals surface area (Å²) in [6.45, 7) is 2.07. The topological polar surface area (TPSA) is 325 Å². The first-order valence-corrected chi connectivity index (χ1v) is 16.6. The van der Waals surface area contributed by atoms with Gasteiger partial charge >= 0.3 is 5.97 Å². The van der Waals surface area contributed by atoms with Crippen LogP contribution in [0.2, 0.25) is 0 Å². The van der Waals surface area contributed by atoms with E-state index in [4.69, 9.17) is 22.3 Å². The Hall–Kier alpha value is -4.56. The van der Waals surface area contributed by atoms with Crippen molar-refractivity contribution in [2.75, 3.05) is 39.4 Å². The largest absolute Gasteiger partial charge is 0.480 e. The van der Waals surface area contributed by atoms with Crippen molar-refractivity contribution >= 4 is 47.4 Å². The van der Waals surface area contributed by atoms with Crippen LogP contribution in [0.25, 0.3) is 0 Å². The Morgan fingerprint density at radius 3 is 1.90 bits per heavy atom. The van der Waals surface area contributed by atoms with Crippen molar-refractivity contribution in [3.63, 3.8) is 0 Å². The molecule has 2 heterocycles. The standard InChI is InChI=1S/C30H52N10O10/c1-16(2)12-19(29(50)40-11-4-7-21(40)26(47)35-13-23(43)44)37-24(45)18(6-3-9-34-30(32)33)36-25(46)20(15-42)38-27(48)22-8-5-10-39(22)28(49)17(31)14-41/h16-22,41-42H,3-15,31H2,1-2H3,(H,35,47)(H,36,46)(H,37,45)(H,38,48)(H,43,44)(H4,32,33,34). The third-order valence-corrected chi connectivity index (χ3v) is 8.32. The molecule has 6 unspecified atom stereocenters. The quantitative estimate of drug-likeness (QED) is 0.0341. The van der Waals surface area contributed by atoms with Crippen LogP contribution >= 0.6 is 0 Å². The molecule has 6 amide bonds. The molecule has 50 heavy (non-hydrogen) atoms. The van der Waals surface area contributed by atoms with Crippen molar-refractivity contribution in [3.8, 4) is 0 Å². The molecular formula is C30H52N10O10. The van der Waals surface area contributed by atoms with Crippen LogP contribution in [-0.2, 0) is 33.6 Å². The molecule has 2 fully saturated rings. The Bertz CT molecular complexity index is 1260. The van der Waals surface area contributed by atoms with Crippen LogP contribution in [0.4, 0.5) is 0 Å². The van der Waals surface area contributed by atoms with E-state index in [1.54, 1.807) is 0 Å². The van der Waals surface area contributed by atoms with Gasteiger partial charge in [-0.3, -0.25) is 38.6 Å². The minimum atomic E-state index is -1.53. The molecule has 20 nitrogen and oxygen atoms in total. The fraction of sp³-hybridized carbons (Fsp3) is 0.733. The first kappa shape index (κ1) is 41.6. The first-order valence-electron chi connectivity index (χ1n) is 16.6. The van der Waals surface area contributed by atoms with Gasteiger partial charge in [-0.2, -0.15) is 0 Å². The van der Waals surface area contributed by atoms with E-state index in [0.29, 0.717) is 19.3 Å². The molecule has 0 saturated carbocycles. The second kappa shape index (κ2) is 20.2. The van der Waals surface area contributed by atoms with E-state index in [-0.39, 0.29) is 57.2 Å². The molecule has 0 aromatic carbocycles. The number of carboxylic acids is 1. The average Bonchev–Trinajstić information content (AvgIpc) is 3.76. The normalized spacial score (nSPS) is 19.6. The molecule has 2 aliphatic rings. The minimum Gasteiger partial charge on any atom is -0.480 e. The number of hydrogen-bond donors (Lipinski definition) is 10. The molecule has 2 saturated heterocycles. The lowest BCUT2D eigenvalue weighted by Crippen LogP contribution is -2.60. The summed E-state index contributed by atoms with van der Waals surface area (Å²) in [7, 11) is 0. The lowest BCUT2D eigenvalue weighted by Gasteiger charge is -2.31. The fourth-order valence-corrected chi connectivity index (χ4v) is 5.85. The molecule has 0 aromatic heterocycles. The minimum absolute atomic E-state index is 0.0169. The highest BCUT2D eigenvalue weighted by Gasteiger charge is 2.40. The molecule has 0 bridgehead atoms. The summed E-state index contributed by atoms with van der Waals surface area (Å²) in [6.07, 6.45) is 1.88. The summed E-state index contributed by atoms with van der Waals surface area (Å²) in [5.41, 5.74) is 16.4. The summed E-state index contributed by atoms with van der Waals surface area (Å²) in [6, 6.07) is -7.08. The number of nitrogens with zero attached hydrogens (tertiary/aromatic N) is 3. The molecule has 282 valence electrons. The zero-order valence-electron chi connectivity index (χ0n) is 28.5. The molecule has 20 heteroatoms. The smallest absolute Gasteiger partial charge is 0.322 e. The number of hydrogen-bond acceptors (Lipinski definition) is 11. The Morgan fingerprint density at radius 2 is 1.36 bits per heavy atom. The monoisotopic (exact) mass is 712 g/mol. The van der Waals surface area contributed by atoms with Crippen LogP contribution in [0.15, 0.2) is 4.99 Å². The lowest BCUT2D eigenvalue weighted by atomic mass is 10.0. The number of guanidine groups is 1. The summed E-state index contributed by atoms with van der Waals surface area (Å²) >= 11 is 0. The van der Waals surface area contributed by atoms with E-state index < -0.39 is 97.4 Å². The number of aliphatic hydroxyl groups excluding tert-OH is 2. The maximum Gasteiger partial charge on any atom is 0.322 e. The van der Waals surface area contributed by atoms with Gasteiger partial charge in [0, 0.05) is 19.6 Å². The molecule has 0 aliphatic carbocycles. The van der Waals surface area contributed by atoms with Crippen LogP contribution in [0.3, 0.4) is 0 Å². The van der Waals surface area contributed by atoms with Crippen molar-refractivity contribution in [3.05, 3.63) is 0 Å². The summed E-state index contributed by atoms with van der Waals surface area (Å²) < 4.78 is 0. The van der Waals surface area contributed by atoms with E-state index in [0.717, 1.165) is 0 Å². The van der Waals surface area contributed by atoms with Crippen LogP contribution in [0.1, 0.15) is 58.8 Å². The Morgan fingerprint density at radius 1 is 0.800 bits per heavy atom. The number of aliphatic imine (C=N–C) groups is 1. The van der Waals surface area contributed by atoms with E-state index in [2.05, 4.69) is 26.3 Å². The van der Waals surface area contributed by atoms with E-state index in [9.17, 15) is 43.8 Å². The molecule has 0 spiro atoms. The molecule has 2 aliphatic heterocycles. The van der Waals surface area contributed by atoms with E-state index in [1.807, 2.05) is 13.8 Å². The highest BCUT2D eigenvalue weighted by molar-refractivity contribution is 5.97. The number of nitrogens with one attached hydrogen (secondary N) is 4. The lowest BCUT2D eigenvalue weighted by molar-refractivity contribution is -0.143. The Kier molecular flexibility index (Phi) is 16.8. The summed E-state index contributed by atoms with van der Waals surface area (Å²) in [4.78, 5) is 96.5. The highest BCUT2D eigenvalue weighted by Crippen LogP contribution is 2.21. The third-order valence-electron chi connectivity index (χ3n) is 8.32. The first-order chi connectivity index (χ1) is 23.6. The molecule has 0 radical (unpaired) electrons. The van der Waals surface area contributed by atoms with Gasteiger partial charge in [0.2, 0.25) is 35.4 Å². The van der Waals surface area contributed by atoms with Gasteiger partial charge in [0.25, 0.3) is 0 Å². The number of amides is 6. The van der Waals surface area contributed by atoms with Crippen LogP contribution < -0.4 is 38.5 Å². The number of nitrogens with two attached hydrogens (primary N) is 3. The fourth-order valence-electron chi connectivity index (χ4n) is 5.85. The second-order valence-electron chi connectivity index (χ2n) is 12.7. The van der Waals surface area contributed by atoms with Crippen LogP contribution in [0, 0.1) is 5.92 Å². The Labute approximate surface area is 289 Å². The molecular weight excluding hydrogens is 660 g/mol. The van der Waals surface area contributed by atoms with Crippen LogP contribution in [-0.4, -0.2) is 148 Å². The van der Waals surface area contributed by atoms with Gasteiger partial charge in [-0.25, -0.2) is 0 Å². The summed E-state index contributed by atoms with van der Waals surface area (Å²) in [5, 5.41) is 38.1. The predicted octanol–water partition coefficient (Wildman–Crippen LogP) is -4.96. The number of carbonyl (C=O) groups excluding carboxylic acids is 6. The third kappa shape index (κ3) is 12.4. The number of carbonyl (C=O) groups is 7. The van der Waals surface area contributed by atoms with E-state index in [1.165, 1.54) is 9.80 Å². The van der Waals surface area contributed by atoms with Gasteiger partial charge in [0.15, 0.2) is 5.96 Å². The van der Waals surface area contributed by atoms with Gasteiger partial charge in [0.1, 0.15) is 42.8 Å². The number of carboxylic acid groups (broad SMARTS) is 1. The van der Waals surface area contributed by atoms with Crippen LogP contribution in [0.5, 0.6) is 0 Å².